The number of nitrogens with zero attached hydrogens (tertiary/aromatic N) is 1. The molecule has 208 valence electrons. The monoisotopic (exact) mass is 539 g/mol. The van der Waals surface area contributed by atoms with E-state index >= 15 is 0 Å². The van der Waals surface area contributed by atoms with Crippen molar-refractivity contribution in [3.8, 4) is 0 Å². The van der Waals surface area contributed by atoms with Gasteiger partial charge in [-0.15, -0.1) is 0 Å². The van der Waals surface area contributed by atoms with E-state index in [2.05, 4.69) is 10.6 Å². The molecule has 3 aromatic carbocycles. The van der Waals surface area contributed by atoms with E-state index in [4.69, 9.17) is 4.74 Å². The Labute approximate surface area is 236 Å². The molecule has 1 heterocycles. The van der Waals surface area contributed by atoms with Gasteiger partial charge in [0.05, 0.1) is 6.04 Å². The maximum absolute atomic E-state index is 13.4. The fraction of sp³-hybridized carbons (Fsp3) is 0.303. The highest BCUT2D eigenvalue weighted by Gasteiger charge is 2.51. The predicted molar refractivity (Wildman–Crippen MR) is 156 cm³/mol. The van der Waals surface area contributed by atoms with Gasteiger partial charge in [-0.25, -0.2) is 9.59 Å². The van der Waals surface area contributed by atoms with Gasteiger partial charge in [-0.2, -0.15) is 0 Å². The number of unbranched alkanes of at least 4 members (excludes halogenated alkanes) is 1. The van der Waals surface area contributed by atoms with Gasteiger partial charge in [0.1, 0.15) is 18.7 Å². The van der Waals surface area contributed by atoms with Crippen LogP contribution in [0.5, 0.6) is 0 Å². The van der Waals surface area contributed by atoms with E-state index in [0.717, 1.165) is 29.5 Å². The SMILES string of the molecule is CCCCC(C(=O)OCc1ccccc1)N1C(=O)C(NC(=O)NCCc2ccccc2)C1C=Cc1ccccc1. The molecule has 4 rings (SSSR count). The highest BCUT2D eigenvalue weighted by atomic mass is 16.5. The van der Waals surface area contributed by atoms with Gasteiger partial charge in [-0.1, -0.05) is 123 Å². The van der Waals surface area contributed by atoms with Crippen LogP contribution in [0.1, 0.15) is 42.9 Å². The van der Waals surface area contributed by atoms with Crippen molar-refractivity contribution in [1.82, 2.24) is 15.5 Å². The number of esters is 1. The number of likely N-dealkylation sites (tertiary alicyclic amines) is 1. The summed E-state index contributed by atoms with van der Waals surface area (Å²) in [6.07, 6.45) is 6.61. The Bertz CT molecular complexity index is 1260. The second-order valence-electron chi connectivity index (χ2n) is 9.87. The molecule has 0 saturated carbocycles. The lowest BCUT2D eigenvalue weighted by Gasteiger charge is -2.49. The van der Waals surface area contributed by atoms with Crippen LogP contribution in [0.4, 0.5) is 4.79 Å². The molecule has 1 aliphatic heterocycles. The van der Waals surface area contributed by atoms with Crippen LogP contribution in [-0.4, -0.2) is 47.5 Å². The first-order valence-electron chi connectivity index (χ1n) is 13.9. The summed E-state index contributed by atoms with van der Waals surface area (Å²) in [7, 11) is 0. The predicted octanol–water partition coefficient (Wildman–Crippen LogP) is 5.12. The second-order valence-corrected chi connectivity index (χ2v) is 9.87. The summed E-state index contributed by atoms with van der Waals surface area (Å²) in [5.74, 6) is -0.729. The molecule has 3 atom stereocenters. The number of urea groups is 1. The molecule has 0 aromatic heterocycles. The first-order chi connectivity index (χ1) is 19.6. The normalized spacial score (nSPS) is 17.2. The Morgan fingerprint density at radius 2 is 1.55 bits per heavy atom. The van der Waals surface area contributed by atoms with Crippen LogP contribution in [0.2, 0.25) is 0 Å². The van der Waals surface area contributed by atoms with Crippen LogP contribution in [0, 0.1) is 0 Å². The first-order valence-corrected chi connectivity index (χ1v) is 13.9. The Kier molecular flexibility index (Phi) is 10.5. The zero-order valence-corrected chi connectivity index (χ0v) is 22.9. The third kappa shape index (κ3) is 7.82. The van der Waals surface area contributed by atoms with Gasteiger partial charge in [-0.05, 0) is 29.5 Å². The molecule has 2 N–H and O–H groups in total. The third-order valence-corrected chi connectivity index (χ3v) is 6.96. The maximum atomic E-state index is 13.4. The molecule has 0 spiro atoms. The van der Waals surface area contributed by atoms with Gasteiger partial charge in [0.2, 0.25) is 5.91 Å². The number of amides is 3. The number of hydrogen-bond acceptors (Lipinski definition) is 4. The van der Waals surface area contributed by atoms with Gasteiger partial charge in [0.15, 0.2) is 0 Å². The van der Waals surface area contributed by atoms with E-state index in [1.165, 1.54) is 0 Å². The Morgan fingerprint density at radius 3 is 2.20 bits per heavy atom. The first kappa shape index (κ1) is 28.6. The molecule has 0 radical (unpaired) electrons. The Balaban J connectivity index is 1.46. The van der Waals surface area contributed by atoms with Crippen LogP contribution in [0.3, 0.4) is 0 Å². The van der Waals surface area contributed by atoms with E-state index in [-0.39, 0.29) is 12.5 Å². The number of ether oxygens (including phenoxy) is 1. The average Bonchev–Trinajstić information content (AvgIpc) is 2.99. The van der Waals surface area contributed by atoms with Crippen molar-refractivity contribution in [3.05, 3.63) is 114 Å². The second kappa shape index (κ2) is 14.7. The number of benzene rings is 3. The summed E-state index contributed by atoms with van der Waals surface area (Å²) < 4.78 is 5.66. The van der Waals surface area contributed by atoms with Crippen LogP contribution in [0.15, 0.2) is 97.1 Å². The van der Waals surface area contributed by atoms with E-state index < -0.39 is 30.1 Å². The van der Waals surface area contributed by atoms with Crippen molar-refractivity contribution in [3.63, 3.8) is 0 Å². The van der Waals surface area contributed by atoms with Crippen LogP contribution in [-0.2, 0) is 27.4 Å². The lowest BCUT2D eigenvalue weighted by molar-refractivity contribution is -0.167. The maximum Gasteiger partial charge on any atom is 0.329 e. The van der Waals surface area contributed by atoms with Crippen molar-refractivity contribution < 1.29 is 19.1 Å². The van der Waals surface area contributed by atoms with Crippen LogP contribution >= 0.6 is 0 Å². The smallest absolute Gasteiger partial charge is 0.329 e. The van der Waals surface area contributed by atoms with E-state index in [0.29, 0.717) is 19.4 Å². The van der Waals surface area contributed by atoms with Crippen molar-refractivity contribution in [2.45, 2.75) is 57.3 Å². The summed E-state index contributed by atoms with van der Waals surface area (Å²) in [5.41, 5.74) is 2.96. The van der Waals surface area contributed by atoms with E-state index in [9.17, 15) is 14.4 Å². The van der Waals surface area contributed by atoms with Gasteiger partial charge in [0, 0.05) is 6.54 Å². The molecule has 3 amide bonds. The number of rotatable bonds is 13. The average molecular weight is 540 g/mol. The van der Waals surface area contributed by atoms with Gasteiger partial charge >= 0.3 is 12.0 Å². The molecule has 0 bridgehead atoms. The molecule has 40 heavy (non-hydrogen) atoms. The standard InChI is InChI=1S/C33H37N3O4/c1-2-3-19-29(32(38)40-24-27-17-11-6-12-18-27)36-28(21-20-25-13-7-4-8-14-25)30(31(36)37)35-33(39)34-23-22-26-15-9-5-10-16-26/h4-18,20-21,28-30H,2-3,19,22-24H2,1H3,(H2,34,35,39). The summed E-state index contributed by atoms with van der Waals surface area (Å²) in [4.78, 5) is 41.0. The number of nitrogens with one attached hydrogen (secondary N) is 2. The summed E-state index contributed by atoms with van der Waals surface area (Å²) in [5, 5.41) is 5.68. The molecule has 0 aliphatic carbocycles. The minimum atomic E-state index is -0.775. The van der Waals surface area contributed by atoms with Crippen molar-refractivity contribution in [1.29, 1.82) is 0 Å². The highest BCUT2D eigenvalue weighted by Crippen LogP contribution is 2.29. The van der Waals surface area contributed by atoms with Crippen LogP contribution < -0.4 is 10.6 Å². The summed E-state index contributed by atoms with van der Waals surface area (Å²) >= 11 is 0. The Hall–Kier alpha value is -4.39. The quantitative estimate of drug-likeness (QED) is 0.233. The van der Waals surface area contributed by atoms with Crippen molar-refractivity contribution in [2.24, 2.45) is 0 Å². The largest absolute Gasteiger partial charge is 0.459 e. The van der Waals surface area contributed by atoms with Crippen molar-refractivity contribution in [2.75, 3.05) is 6.54 Å². The lowest BCUT2D eigenvalue weighted by atomic mass is 9.89. The fourth-order valence-electron chi connectivity index (χ4n) is 4.77. The number of hydrogen-bond donors (Lipinski definition) is 2. The minimum absolute atomic E-state index is 0.139. The molecule has 1 saturated heterocycles. The molecule has 7 heteroatoms. The Morgan fingerprint density at radius 1 is 0.925 bits per heavy atom. The molecule has 1 fully saturated rings. The topological polar surface area (TPSA) is 87.7 Å². The molecular formula is C33H37N3O4. The summed E-state index contributed by atoms with van der Waals surface area (Å²) in [6, 6.07) is 26.7. The molecular weight excluding hydrogens is 502 g/mol. The molecule has 3 unspecified atom stereocenters. The fourth-order valence-corrected chi connectivity index (χ4v) is 4.77. The van der Waals surface area contributed by atoms with Gasteiger partial charge < -0.3 is 20.3 Å². The molecule has 7 nitrogen and oxygen atoms in total. The zero-order chi connectivity index (χ0) is 28.2. The summed E-state index contributed by atoms with van der Waals surface area (Å²) in [6.45, 7) is 2.62. The number of β-lactam (4-membered cyclic amide) rings is 1. The van der Waals surface area contributed by atoms with Gasteiger partial charge in [-0.3, -0.25) is 4.79 Å². The van der Waals surface area contributed by atoms with E-state index in [1.54, 1.807) is 4.90 Å². The van der Waals surface area contributed by atoms with Crippen molar-refractivity contribution >= 4 is 24.0 Å². The van der Waals surface area contributed by atoms with Crippen LogP contribution in [0.25, 0.3) is 6.08 Å². The minimum Gasteiger partial charge on any atom is -0.459 e. The van der Waals surface area contributed by atoms with Gasteiger partial charge in [0.25, 0.3) is 0 Å². The molecule has 1 aliphatic rings. The third-order valence-electron chi connectivity index (χ3n) is 6.96. The molecule has 3 aromatic rings. The zero-order valence-electron chi connectivity index (χ0n) is 22.9. The number of carbonyl (C=O) groups is 3. The lowest BCUT2D eigenvalue weighted by Crippen LogP contribution is -2.74. The highest BCUT2D eigenvalue weighted by molar-refractivity contribution is 5.97. The number of carbonyl (C=O) groups excluding carboxylic acids is 3. The van der Waals surface area contributed by atoms with E-state index in [1.807, 2.05) is 110 Å².